The van der Waals surface area contributed by atoms with Crippen LogP contribution in [0.4, 0.5) is 8.78 Å². The van der Waals surface area contributed by atoms with Gasteiger partial charge in [0, 0.05) is 22.6 Å². The topological polar surface area (TPSA) is 34.1 Å². The van der Waals surface area contributed by atoms with E-state index in [-0.39, 0.29) is 29.1 Å². The maximum Gasteiger partial charge on any atom is 0.193 e. The Morgan fingerprint density at radius 3 is 1.70 bits per heavy atom. The monoisotopic (exact) mass is 400 g/mol. The van der Waals surface area contributed by atoms with Crippen molar-refractivity contribution in [2.24, 2.45) is 5.92 Å². The summed E-state index contributed by atoms with van der Waals surface area (Å²) >= 11 is 0. The molecule has 3 aromatic carbocycles. The fourth-order valence-electron chi connectivity index (χ4n) is 3.41. The highest BCUT2D eigenvalue weighted by molar-refractivity contribution is 6.09. The molecule has 3 aromatic rings. The van der Waals surface area contributed by atoms with E-state index in [2.05, 4.69) is 0 Å². The Morgan fingerprint density at radius 1 is 0.700 bits per heavy atom. The molecule has 4 heteroatoms. The van der Waals surface area contributed by atoms with Crippen molar-refractivity contribution in [1.29, 1.82) is 0 Å². The van der Waals surface area contributed by atoms with E-state index in [1.807, 2.05) is 24.3 Å². The summed E-state index contributed by atoms with van der Waals surface area (Å²) in [6.45, 7) is 0. The third-order valence-electron chi connectivity index (χ3n) is 5.15. The highest BCUT2D eigenvalue weighted by Crippen LogP contribution is 2.25. The molecule has 0 fully saturated rings. The van der Waals surface area contributed by atoms with E-state index in [1.165, 1.54) is 36.4 Å². The largest absolute Gasteiger partial charge is 0.294 e. The van der Waals surface area contributed by atoms with Gasteiger partial charge in [-0.1, -0.05) is 54.6 Å². The Labute approximate surface area is 173 Å². The van der Waals surface area contributed by atoms with Crippen molar-refractivity contribution in [3.63, 3.8) is 0 Å². The van der Waals surface area contributed by atoms with Crippen LogP contribution < -0.4 is 0 Å². The summed E-state index contributed by atoms with van der Waals surface area (Å²) in [4.78, 5) is 25.1. The van der Waals surface area contributed by atoms with Crippen molar-refractivity contribution < 1.29 is 18.4 Å². The van der Waals surface area contributed by atoms with Crippen molar-refractivity contribution in [1.82, 2.24) is 0 Å². The second-order valence-electron chi connectivity index (χ2n) is 7.15. The Balaban J connectivity index is 1.48. The summed E-state index contributed by atoms with van der Waals surface area (Å²) in [6, 6.07) is 19.8. The molecule has 0 saturated carbocycles. The van der Waals surface area contributed by atoms with Crippen LogP contribution >= 0.6 is 0 Å². The number of hydrogen-bond acceptors (Lipinski definition) is 2. The molecular weight excluding hydrogens is 382 g/mol. The van der Waals surface area contributed by atoms with Crippen molar-refractivity contribution >= 4 is 11.6 Å². The lowest BCUT2D eigenvalue weighted by molar-refractivity contribution is 0.0944. The number of ketones is 2. The summed E-state index contributed by atoms with van der Waals surface area (Å²) in [6.07, 6.45) is 4.72. The zero-order valence-corrected chi connectivity index (χ0v) is 16.0. The van der Waals surface area contributed by atoms with Crippen LogP contribution in [0.2, 0.25) is 0 Å². The summed E-state index contributed by atoms with van der Waals surface area (Å²) in [5.41, 5.74) is 3.34. The van der Waals surface area contributed by atoms with Crippen LogP contribution in [0, 0.1) is 11.7 Å². The second kappa shape index (κ2) is 8.37. The number of hydrogen-bond donors (Lipinski definition) is 0. The van der Waals surface area contributed by atoms with Crippen LogP contribution in [-0.2, 0) is 0 Å². The summed E-state index contributed by atoms with van der Waals surface area (Å²) in [7, 11) is 0. The summed E-state index contributed by atoms with van der Waals surface area (Å²) in [5, 5.41) is 0. The fraction of sp³-hybridized carbons (Fsp3) is 0.0769. The molecule has 0 spiro atoms. The molecule has 1 aliphatic carbocycles. The Bertz CT molecular complexity index is 1140. The van der Waals surface area contributed by atoms with E-state index in [1.54, 1.807) is 30.3 Å². The molecule has 1 atom stereocenters. The first-order chi connectivity index (χ1) is 14.5. The minimum Gasteiger partial charge on any atom is -0.294 e. The molecule has 0 amide bonds. The first kappa shape index (κ1) is 19.6. The van der Waals surface area contributed by atoms with Crippen LogP contribution in [0.1, 0.15) is 32.7 Å². The maximum atomic E-state index is 13.1. The quantitative estimate of drug-likeness (QED) is 0.469. The van der Waals surface area contributed by atoms with E-state index in [4.69, 9.17) is 0 Å². The van der Waals surface area contributed by atoms with Gasteiger partial charge in [0.25, 0.3) is 0 Å². The third kappa shape index (κ3) is 4.18. The number of carbonyl (C=O) groups excluding carboxylic acids is 2. The highest BCUT2D eigenvalue weighted by Gasteiger charge is 2.19. The Kier molecular flexibility index (Phi) is 5.48. The third-order valence-corrected chi connectivity index (χ3v) is 5.15. The van der Waals surface area contributed by atoms with Crippen molar-refractivity contribution in [3.05, 3.63) is 119 Å². The molecule has 0 bridgehead atoms. The molecular formula is C26H18F2O2. The standard InChI is InChI=1S/C26H18F2O2/c27-23-13-9-21(10-14-23)25(29)19-5-1-17(2-6-19)18-3-7-20(8-4-18)26(30)22-11-15-24(28)16-12-22/h1-11,13-16,22H,12H2. The van der Waals surface area contributed by atoms with E-state index in [0.29, 0.717) is 23.1 Å². The number of halogens is 2. The van der Waals surface area contributed by atoms with E-state index in [9.17, 15) is 18.4 Å². The number of allylic oxidation sites excluding steroid dienone is 4. The first-order valence-electron chi connectivity index (χ1n) is 9.60. The average molecular weight is 400 g/mol. The molecule has 0 aliphatic heterocycles. The van der Waals surface area contributed by atoms with Gasteiger partial charge in [-0.05, 0) is 54.0 Å². The maximum absolute atomic E-state index is 13.1. The van der Waals surface area contributed by atoms with Gasteiger partial charge in [-0.25, -0.2) is 8.78 Å². The van der Waals surface area contributed by atoms with Crippen LogP contribution in [0.3, 0.4) is 0 Å². The average Bonchev–Trinajstić information content (AvgIpc) is 2.79. The first-order valence-corrected chi connectivity index (χ1v) is 9.60. The van der Waals surface area contributed by atoms with Crippen LogP contribution in [0.15, 0.2) is 96.9 Å². The van der Waals surface area contributed by atoms with Gasteiger partial charge in [-0.2, -0.15) is 0 Å². The molecule has 1 aliphatic rings. The smallest absolute Gasteiger partial charge is 0.193 e. The normalized spacial score (nSPS) is 15.5. The van der Waals surface area contributed by atoms with Crippen LogP contribution in [0.25, 0.3) is 11.1 Å². The molecule has 0 aromatic heterocycles. The van der Waals surface area contributed by atoms with Gasteiger partial charge >= 0.3 is 0 Å². The molecule has 2 nitrogen and oxygen atoms in total. The number of benzene rings is 3. The minimum atomic E-state index is -0.382. The Hall–Kier alpha value is -3.66. The number of Topliss-reactive ketones (excluding diaryl/α,β-unsaturated/α-hetero) is 1. The molecule has 148 valence electrons. The molecule has 1 unspecified atom stereocenters. The van der Waals surface area contributed by atoms with Gasteiger partial charge in [0.15, 0.2) is 11.6 Å². The number of carbonyl (C=O) groups is 2. The van der Waals surface area contributed by atoms with Gasteiger partial charge < -0.3 is 0 Å². The Morgan fingerprint density at radius 2 is 1.20 bits per heavy atom. The van der Waals surface area contributed by atoms with Gasteiger partial charge in [-0.3, -0.25) is 9.59 Å². The predicted molar refractivity (Wildman–Crippen MR) is 112 cm³/mol. The minimum absolute atomic E-state index is 0.0400. The van der Waals surface area contributed by atoms with E-state index < -0.39 is 0 Å². The lowest BCUT2D eigenvalue weighted by Crippen LogP contribution is -2.13. The van der Waals surface area contributed by atoms with Crippen molar-refractivity contribution in [2.45, 2.75) is 6.42 Å². The SMILES string of the molecule is O=C(c1ccc(F)cc1)c1ccc(-c2ccc(C(=O)C3C=CC(F)=CC3)cc2)cc1. The molecule has 0 saturated heterocycles. The van der Waals surface area contributed by atoms with Crippen LogP contribution in [-0.4, -0.2) is 11.6 Å². The molecule has 30 heavy (non-hydrogen) atoms. The van der Waals surface area contributed by atoms with Crippen LogP contribution in [0.5, 0.6) is 0 Å². The highest BCUT2D eigenvalue weighted by atomic mass is 19.1. The molecule has 0 heterocycles. The van der Waals surface area contributed by atoms with Gasteiger partial charge in [0.1, 0.15) is 11.6 Å². The summed E-state index contributed by atoms with van der Waals surface area (Å²) < 4.78 is 26.1. The molecule has 0 N–H and O–H groups in total. The van der Waals surface area contributed by atoms with Gasteiger partial charge in [0.2, 0.25) is 0 Å². The van der Waals surface area contributed by atoms with Gasteiger partial charge in [-0.15, -0.1) is 0 Å². The number of rotatable bonds is 5. The van der Waals surface area contributed by atoms with Crippen molar-refractivity contribution in [2.75, 3.05) is 0 Å². The molecule has 0 radical (unpaired) electrons. The second-order valence-corrected chi connectivity index (χ2v) is 7.15. The van der Waals surface area contributed by atoms with E-state index in [0.717, 1.165) is 11.1 Å². The van der Waals surface area contributed by atoms with Gasteiger partial charge in [0.05, 0.1) is 0 Å². The van der Waals surface area contributed by atoms with Crippen molar-refractivity contribution in [3.8, 4) is 11.1 Å². The zero-order valence-electron chi connectivity index (χ0n) is 16.0. The zero-order chi connectivity index (χ0) is 21.1. The van der Waals surface area contributed by atoms with E-state index >= 15 is 0 Å². The lowest BCUT2D eigenvalue weighted by Gasteiger charge is -2.13. The fourth-order valence-corrected chi connectivity index (χ4v) is 3.41. The summed E-state index contributed by atoms with van der Waals surface area (Å²) in [5.74, 6) is -1.25. The lowest BCUT2D eigenvalue weighted by atomic mass is 9.90. The molecule has 4 rings (SSSR count). The predicted octanol–water partition coefficient (Wildman–Crippen LogP) is 6.34.